The van der Waals surface area contributed by atoms with Crippen LogP contribution in [0.5, 0.6) is 5.75 Å². The lowest BCUT2D eigenvalue weighted by molar-refractivity contribution is -0.386. The fourth-order valence-corrected chi connectivity index (χ4v) is 2.34. The van der Waals surface area contributed by atoms with Crippen molar-refractivity contribution >= 4 is 11.6 Å². The van der Waals surface area contributed by atoms with Gasteiger partial charge in [0, 0.05) is 0 Å². The monoisotopic (exact) mass is 332 g/mol. The molecule has 2 aromatic rings. The number of aryl methyl sites for hydroxylation is 1. The molecule has 1 aromatic carbocycles. The molecule has 0 aliphatic heterocycles. The lowest BCUT2D eigenvalue weighted by Gasteiger charge is -2.15. The first-order valence-electron chi connectivity index (χ1n) is 7.54. The van der Waals surface area contributed by atoms with Crippen molar-refractivity contribution in [3.8, 4) is 5.75 Å². The summed E-state index contributed by atoms with van der Waals surface area (Å²) in [5.74, 6) is 0.451. The van der Waals surface area contributed by atoms with Crippen LogP contribution in [0.4, 0.5) is 5.69 Å². The van der Waals surface area contributed by atoms with Crippen molar-refractivity contribution in [2.45, 2.75) is 33.4 Å². The SMILES string of the molecule is Cc1nn(CC(=O)N[C@H](C)COc2ccccc2)c(C)c1[N+](=O)[O-]. The molecule has 24 heavy (non-hydrogen) atoms. The lowest BCUT2D eigenvalue weighted by Crippen LogP contribution is -2.39. The zero-order valence-corrected chi connectivity index (χ0v) is 13.9. The van der Waals surface area contributed by atoms with E-state index in [1.807, 2.05) is 37.3 Å². The minimum absolute atomic E-state index is 0.0525. The van der Waals surface area contributed by atoms with Gasteiger partial charge < -0.3 is 10.1 Å². The highest BCUT2D eigenvalue weighted by molar-refractivity contribution is 5.76. The highest BCUT2D eigenvalue weighted by Gasteiger charge is 2.23. The minimum atomic E-state index is -0.484. The summed E-state index contributed by atoms with van der Waals surface area (Å²) >= 11 is 0. The Morgan fingerprint density at radius 3 is 2.62 bits per heavy atom. The summed E-state index contributed by atoms with van der Waals surface area (Å²) in [6, 6.07) is 9.10. The quantitative estimate of drug-likeness (QED) is 0.617. The van der Waals surface area contributed by atoms with Crippen LogP contribution < -0.4 is 10.1 Å². The zero-order valence-electron chi connectivity index (χ0n) is 13.9. The maximum atomic E-state index is 12.1. The molecule has 0 bridgehead atoms. The summed E-state index contributed by atoms with van der Waals surface area (Å²) < 4.78 is 6.91. The summed E-state index contributed by atoms with van der Waals surface area (Å²) in [6.45, 7) is 5.21. The largest absolute Gasteiger partial charge is 0.491 e. The van der Waals surface area contributed by atoms with Crippen molar-refractivity contribution in [1.82, 2.24) is 15.1 Å². The summed E-state index contributed by atoms with van der Waals surface area (Å²) in [4.78, 5) is 22.6. The molecule has 0 radical (unpaired) electrons. The van der Waals surface area contributed by atoms with Crippen LogP contribution in [0.1, 0.15) is 18.3 Å². The number of para-hydroxylation sites is 1. The van der Waals surface area contributed by atoms with Gasteiger partial charge in [-0.1, -0.05) is 18.2 Å². The number of nitrogens with one attached hydrogen (secondary N) is 1. The van der Waals surface area contributed by atoms with Crippen LogP contribution in [0.15, 0.2) is 30.3 Å². The van der Waals surface area contributed by atoms with Gasteiger partial charge in [-0.05, 0) is 32.9 Å². The van der Waals surface area contributed by atoms with Crippen molar-refractivity contribution < 1.29 is 14.5 Å². The number of rotatable bonds is 7. The highest BCUT2D eigenvalue weighted by atomic mass is 16.6. The third-order valence-electron chi connectivity index (χ3n) is 3.47. The molecule has 1 amide bonds. The molecule has 1 atom stereocenters. The summed E-state index contributed by atoms with van der Waals surface area (Å²) in [6.07, 6.45) is 0. The van der Waals surface area contributed by atoms with E-state index in [-0.39, 0.29) is 24.2 Å². The number of benzene rings is 1. The Bertz CT molecular complexity index is 727. The van der Waals surface area contributed by atoms with Gasteiger partial charge in [-0.3, -0.25) is 19.6 Å². The van der Waals surface area contributed by atoms with Crippen molar-refractivity contribution in [2.75, 3.05) is 6.61 Å². The number of nitrogens with zero attached hydrogens (tertiary/aromatic N) is 3. The molecular formula is C16H20N4O4. The summed E-state index contributed by atoms with van der Waals surface area (Å²) in [7, 11) is 0. The number of hydrogen-bond donors (Lipinski definition) is 1. The molecule has 0 unspecified atom stereocenters. The van der Waals surface area contributed by atoms with E-state index in [2.05, 4.69) is 10.4 Å². The standard InChI is InChI=1S/C16H20N4O4/c1-11(10-24-14-7-5-4-6-8-14)17-15(21)9-19-13(3)16(20(22)23)12(2)18-19/h4-8,11H,9-10H2,1-3H3,(H,17,21)/t11-/m1/s1. The van der Waals surface area contributed by atoms with E-state index in [1.165, 1.54) is 4.68 Å². The van der Waals surface area contributed by atoms with E-state index in [9.17, 15) is 14.9 Å². The number of carbonyl (C=O) groups is 1. The van der Waals surface area contributed by atoms with Gasteiger partial charge in [0.25, 0.3) is 0 Å². The third kappa shape index (κ3) is 4.31. The Labute approximate surface area is 139 Å². The van der Waals surface area contributed by atoms with Crippen molar-refractivity contribution in [3.05, 3.63) is 51.8 Å². The van der Waals surface area contributed by atoms with E-state index >= 15 is 0 Å². The molecule has 0 saturated heterocycles. The van der Waals surface area contributed by atoms with Gasteiger partial charge >= 0.3 is 5.69 Å². The second-order valence-electron chi connectivity index (χ2n) is 5.53. The number of aromatic nitrogens is 2. The highest BCUT2D eigenvalue weighted by Crippen LogP contribution is 2.21. The van der Waals surface area contributed by atoms with Gasteiger partial charge in [0.1, 0.15) is 30.3 Å². The topological polar surface area (TPSA) is 99.3 Å². The number of hydrogen-bond acceptors (Lipinski definition) is 5. The molecule has 8 nitrogen and oxygen atoms in total. The molecular weight excluding hydrogens is 312 g/mol. The predicted octanol–water partition coefficient (Wildman–Crippen LogP) is 1.99. The van der Waals surface area contributed by atoms with Gasteiger partial charge in [-0.25, -0.2) is 0 Å². The molecule has 0 aliphatic rings. The summed E-state index contributed by atoms with van der Waals surface area (Å²) in [5, 5.41) is 17.8. The van der Waals surface area contributed by atoms with E-state index < -0.39 is 4.92 Å². The minimum Gasteiger partial charge on any atom is -0.491 e. The van der Waals surface area contributed by atoms with Crippen LogP contribution in [0, 0.1) is 24.0 Å². The van der Waals surface area contributed by atoms with Crippen LogP contribution in [-0.2, 0) is 11.3 Å². The number of amides is 1. The first-order valence-corrected chi connectivity index (χ1v) is 7.54. The maximum absolute atomic E-state index is 12.1. The van der Waals surface area contributed by atoms with E-state index in [1.54, 1.807) is 13.8 Å². The number of nitro groups is 1. The molecule has 2 rings (SSSR count). The van der Waals surface area contributed by atoms with Crippen molar-refractivity contribution in [2.24, 2.45) is 0 Å². The molecule has 1 N–H and O–H groups in total. The van der Waals surface area contributed by atoms with Gasteiger partial charge in [0.2, 0.25) is 5.91 Å². The molecule has 0 aliphatic carbocycles. The number of ether oxygens (including phenoxy) is 1. The fourth-order valence-electron chi connectivity index (χ4n) is 2.34. The molecule has 8 heteroatoms. The normalized spacial score (nSPS) is 11.8. The molecule has 0 fully saturated rings. The molecule has 128 valence electrons. The lowest BCUT2D eigenvalue weighted by atomic mass is 10.3. The third-order valence-corrected chi connectivity index (χ3v) is 3.47. The molecule has 1 aromatic heterocycles. The molecule has 0 saturated carbocycles. The Hall–Kier alpha value is -2.90. The average molecular weight is 332 g/mol. The Morgan fingerprint density at radius 1 is 1.38 bits per heavy atom. The summed E-state index contributed by atoms with van der Waals surface area (Å²) in [5.41, 5.74) is 0.606. The first kappa shape index (κ1) is 17.5. The Kier molecular flexibility index (Phi) is 5.51. The second-order valence-corrected chi connectivity index (χ2v) is 5.53. The van der Waals surface area contributed by atoms with Crippen molar-refractivity contribution in [3.63, 3.8) is 0 Å². The Morgan fingerprint density at radius 2 is 2.04 bits per heavy atom. The van der Waals surface area contributed by atoms with Gasteiger partial charge in [0.05, 0.1) is 11.0 Å². The van der Waals surface area contributed by atoms with Gasteiger partial charge in [0.15, 0.2) is 0 Å². The van der Waals surface area contributed by atoms with E-state index in [0.29, 0.717) is 18.0 Å². The Balaban J connectivity index is 1.89. The van der Waals surface area contributed by atoms with Crippen molar-refractivity contribution in [1.29, 1.82) is 0 Å². The average Bonchev–Trinajstić information content (AvgIpc) is 2.80. The second kappa shape index (κ2) is 7.58. The van der Waals surface area contributed by atoms with Crippen LogP contribution in [0.3, 0.4) is 0 Å². The molecule has 0 spiro atoms. The van der Waals surface area contributed by atoms with Crippen LogP contribution in [-0.4, -0.2) is 33.3 Å². The van der Waals surface area contributed by atoms with Gasteiger partial charge in [-0.15, -0.1) is 0 Å². The van der Waals surface area contributed by atoms with Crippen LogP contribution in [0.2, 0.25) is 0 Å². The predicted molar refractivity (Wildman–Crippen MR) is 87.9 cm³/mol. The van der Waals surface area contributed by atoms with Gasteiger partial charge in [-0.2, -0.15) is 5.10 Å². The van der Waals surface area contributed by atoms with Crippen LogP contribution >= 0.6 is 0 Å². The fraction of sp³-hybridized carbons (Fsp3) is 0.375. The first-order chi connectivity index (χ1) is 11.4. The van der Waals surface area contributed by atoms with E-state index in [0.717, 1.165) is 5.75 Å². The maximum Gasteiger partial charge on any atom is 0.312 e. The van der Waals surface area contributed by atoms with Crippen LogP contribution in [0.25, 0.3) is 0 Å². The molecule has 1 heterocycles. The van der Waals surface area contributed by atoms with E-state index in [4.69, 9.17) is 4.74 Å². The number of carbonyl (C=O) groups excluding carboxylic acids is 1. The smallest absolute Gasteiger partial charge is 0.312 e. The zero-order chi connectivity index (χ0) is 17.7.